The van der Waals surface area contributed by atoms with Gasteiger partial charge in [-0.15, -0.1) is 11.3 Å². The fourth-order valence-electron chi connectivity index (χ4n) is 4.22. The van der Waals surface area contributed by atoms with Crippen LogP contribution in [0.15, 0.2) is 70.4 Å². The lowest BCUT2D eigenvalue weighted by atomic mass is 10.1. The van der Waals surface area contributed by atoms with Crippen molar-refractivity contribution in [1.29, 1.82) is 0 Å². The monoisotopic (exact) mass is 621 g/mol. The molecule has 0 fully saturated rings. The lowest BCUT2D eigenvalue weighted by Gasteiger charge is -2.19. The summed E-state index contributed by atoms with van der Waals surface area (Å²) in [5.41, 5.74) is 1.45. The molecule has 0 aliphatic heterocycles. The summed E-state index contributed by atoms with van der Waals surface area (Å²) in [7, 11) is -6.06. The van der Waals surface area contributed by atoms with E-state index in [-0.39, 0.29) is 22.6 Å². The highest BCUT2D eigenvalue weighted by molar-refractivity contribution is 7.89. The molecule has 0 saturated carbocycles. The minimum Gasteiger partial charge on any atom is -0.495 e. The molecule has 0 unspecified atom stereocenters. The van der Waals surface area contributed by atoms with Crippen molar-refractivity contribution >= 4 is 57.3 Å². The van der Waals surface area contributed by atoms with Crippen LogP contribution in [0.1, 0.15) is 19.4 Å². The number of benzene rings is 3. The molecule has 1 heterocycles. The molecule has 222 valence electrons. The van der Waals surface area contributed by atoms with Crippen LogP contribution in [-0.4, -0.2) is 65.8 Å². The topological polar surface area (TPSA) is 142 Å². The van der Waals surface area contributed by atoms with Gasteiger partial charge in [0.15, 0.2) is 5.43 Å². The van der Waals surface area contributed by atoms with Crippen molar-refractivity contribution in [2.24, 2.45) is 0 Å². The number of para-hydroxylation sites is 1. The van der Waals surface area contributed by atoms with E-state index in [1.807, 2.05) is 36.4 Å². The summed E-state index contributed by atoms with van der Waals surface area (Å²) in [6.07, 6.45) is 0.715. The zero-order chi connectivity index (χ0) is 30.2. The SMILES string of the molecule is CCN(CC)CCNc1ccc(CNS(=O)(=O)c2ccccc2OC)c2sc3ccccc3c(=O)c12.CS(=O)(=O)O. The number of nitrogens with zero attached hydrogens (tertiary/aromatic N) is 1. The fourth-order valence-corrected chi connectivity index (χ4v) is 6.61. The van der Waals surface area contributed by atoms with Gasteiger partial charge in [0.25, 0.3) is 10.1 Å². The maximum atomic E-state index is 13.6. The van der Waals surface area contributed by atoms with E-state index in [2.05, 4.69) is 28.8 Å². The number of ether oxygens (including phenoxy) is 1. The van der Waals surface area contributed by atoms with Gasteiger partial charge in [-0.25, -0.2) is 13.1 Å². The Morgan fingerprint density at radius 2 is 1.59 bits per heavy atom. The standard InChI is InChI=1S/C27H31N3O4S2.CH4O3S/c1-4-30(5-2)17-16-28-21-15-14-19(18-29-36(32,33)24-13-9-7-11-22(24)34-3)27-25(21)26(31)20-10-6-8-12-23(20)35-27;1-5(2,3)4/h6-15,28-29H,4-5,16-18H2,1-3H3;1H3,(H,2,3,4). The normalized spacial score (nSPS) is 11.9. The molecule has 3 aromatic carbocycles. The number of hydrogen-bond acceptors (Lipinski definition) is 9. The molecule has 1 aromatic heterocycles. The molecule has 0 amide bonds. The molecule has 0 aliphatic carbocycles. The van der Waals surface area contributed by atoms with E-state index in [9.17, 15) is 21.6 Å². The van der Waals surface area contributed by atoms with Crippen LogP contribution in [0.5, 0.6) is 5.75 Å². The Balaban J connectivity index is 0.000000850. The van der Waals surface area contributed by atoms with Crippen molar-refractivity contribution in [3.8, 4) is 5.75 Å². The second kappa shape index (κ2) is 14.2. The summed E-state index contributed by atoms with van der Waals surface area (Å²) >= 11 is 1.50. The third-order valence-corrected chi connectivity index (χ3v) is 8.95. The average molecular weight is 622 g/mol. The van der Waals surface area contributed by atoms with Gasteiger partial charge in [0.2, 0.25) is 10.0 Å². The second-order valence-electron chi connectivity index (χ2n) is 9.07. The second-order valence-corrected chi connectivity index (χ2v) is 13.3. The van der Waals surface area contributed by atoms with Crippen molar-refractivity contribution in [3.63, 3.8) is 0 Å². The third kappa shape index (κ3) is 8.71. The molecule has 3 N–H and O–H groups in total. The van der Waals surface area contributed by atoms with Crippen molar-refractivity contribution in [2.75, 3.05) is 44.9 Å². The molecule has 0 aliphatic rings. The third-order valence-electron chi connectivity index (χ3n) is 6.26. The van der Waals surface area contributed by atoms with Gasteiger partial charge in [0.1, 0.15) is 10.6 Å². The summed E-state index contributed by atoms with van der Waals surface area (Å²) in [5, 5.41) is 4.69. The first-order chi connectivity index (χ1) is 19.4. The predicted molar refractivity (Wildman–Crippen MR) is 166 cm³/mol. The maximum Gasteiger partial charge on any atom is 0.261 e. The first-order valence-electron chi connectivity index (χ1n) is 12.9. The Morgan fingerprint density at radius 3 is 2.24 bits per heavy atom. The summed E-state index contributed by atoms with van der Waals surface area (Å²) in [5.74, 6) is 0.276. The lowest BCUT2D eigenvalue weighted by molar-refractivity contribution is 0.316. The van der Waals surface area contributed by atoms with Crippen LogP contribution in [0.3, 0.4) is 0 Å². The van der Waals surface area contributed by atoms with E-state index in [4.69, 9.17) is 9.29 Å². The molecule has 0 atom stereocenters. The summed E-state index contributed by atoms with van der Waals surface area (Å²) in [6.45, 7) is 7.79. The van der Waals surface area contributed by atoms with Gasteiger partial charge in [-0.1, -0.05) is 44.2 Å². The highest BCUT2D eigenvalue weighted by Crippen LogP contribution is 2.32. The van der Waals surface area contributed by atoms with Crippen molar-refractivity contribution in [1.82, 2.24) is 9.62 Å². The fraction of sp³-hybridized carbons (Fsp3) is 0.321. The van der Waals surface area contributed by atoms with E-state index in [0.29, 0.717) is 23.6 Å². The Labute approximate surface area is 244 Å². The van der Waals surface area contributed by atoms with Gasteiger partial charge in [-0.3, -0.25) is 9.35 Å². The molecule has 41 heavy (non-hydrogen) atoms. The van der Waals surface area contributed by atoms with Crippen LogP contribution in [-0.2, 0) is 26.7 Å². The first kappa shape index (κ1) is 32.4. The van der Waals surface area contributed by atoms with Gasteiger partial charge in [0, 0.05) is 40.1 Å². The number of fused-ring (bicyclic) bond motifs is 2. The number of rotatable bonds is 11. The molecule has 0 bridgehead atoms. The Kier molecular flexibility index (Phi) is 11.2. The van der Waals surface area contributed by atoms with E-state index in [1.54, 1.807) is 18.2 Å². The predicted octanol–water partition coefficient (Wildman–Crippen LogP) is 4.16. The number of nitrogens with one attached hydrogen (secondary N) is 2. The highest BCUT2D eigenvalue weighted by atomic mass is 32.2. The van der Waals surface area contributed by atoms with Crippen molar-refractivity contribution in [3.05, 3.63) is 76.5 Å². The first-order valence-corrected chi connectivity index (χ1v) is 17.0. The largest absolute Gasteiger partial charge is 0.495 e. The molecule has 4 rings (SSSR count). The van der Waals surface area contributed by atoms with Crippen LogP contribution in [0.2, 0.25) is 0 Å². The quantitative estimate of drug-likeness (QED) is 0.166. The number of hydrogen-bond donors (Lipinski definition) is 3. The zero-order valence-electron chi connectivity index (χ0n) is 23.4. The van der Waals surface area contributed by atoms with Gasteiger partial charge in [-0.05, 0) is 49.0 Å². The smallest absolute Gasteiger partial charge is 0.261 e. The summed E-state index contributed by atoms with van der Waals surface area (Å²) in [6, 6.07) is 17.8. The minimum atomic E-state index is -3.83. The maximum absolute atomic E-state index is 13.6. The average Bonchev–Trinajstić information content (AvgIpc) is 2.94. The van der Waals surface area contributed by atoms with E-state index >= 15 is 0 Å². The minimum absolute atomic E-state index is 0.0465. The van der Waals surface area contributed by atoms with Gasteiger partial charge in [-0.2, -0.15) is 8.42 Å². The number of anilines is 1. The molecule has 10 nitrogen and oxygen atoms in total. The molecular formula is C28H35N3O7S3. The molecular weight excluding hydrogens is 587 g/mol. The van der Waals surface area contributed by atoms with Crippen molar-refractivity contribution < 1.29 is 26.1 Å². The Hall–Kier alpha value is -3.07. The van der Waals surface area contributed by atoms with E-state index < -0.39 is 20.1 Å². The number of sulfonamides is 1. The highest BCUT2D eigenvalue weighted by Gasteiger charge is 2.20. The summed E-state index contributed by atoms with van der Waals surface area (Å²) in [4.78, 5) is 16.0. The van der Waals surface area contributed by atoms with Crippen LogP contribution < -0.4 is 20.2 Å². The lowest BCUT2D eigenvalue weighted by Crippen LogP contribution is -2.28. The molecule has 0 radical (unpaired) electrons. The summed E-state index contributed by atoms with van der Waals surface area (Å²) < 4.78 is 61.6. The van der Waals surface area contributed by atoms with Gasteiger partial charge >= 0.3 is 0 Å². The Bertz CT molecular complexity index is 1760. The van der Waals surface area contributed by atoms with E-state index in [1.165, 1.54) is 24.5 Å². The molecule has 13 heteroatoms. The van der Waals surface area contributed by atoms with Gasteiger partial charge < -0.3 is 15.0 Å². The number of methoxy groups -OCH3 is 1. The molecule has 4 aromatic rings. The van der Waals surface area contributed by atoms with Crippen LogP contribution >= 0.6 is 11.3 Å². The van der Waals surface area contributed by atoms with E-state index in [0.717, 1.165) is 40.3 Å². The Morgan fingerprint density at radius 1 is 0.951 bits per heavy atom. The number of likely N-dealkylation sites (N-methyl/N-ethyl adjacent to an activating group) is 1. The van der Waals surface area contributed by atoms with Crippen LogP contribution in [0.4, 0.5) is 5.69 Å². The van der Waals surface area contributed by atoms with Crippen LogP contribution in [0, 0.1) is 0 Å². The van der Waals surface area contributed by atoms with Crippen molar-refractivity contribution in [2.45, 2.75) is 25.3 Å². The molecule has 0 spiro atoms. The molecule has 0 saturated heterocycles. The van der Waals surface area contributed by atoms with Gasteiger partial charge in [0.05, 0.1) is 18.8 Å². The van der Waals surface area contributed by atoms with Crippen LogP contribution in [0.25, 0.3) is 20.2 Å². The zero-order valence-corrected chi connectivity index (χ0v) is 25.8.